The number of nitrogens with one attached hydrogen (secondary N) is 2. The third-order valence-electron chi connectivity index (χ3n) is 4.75. The molecule has 34 heavy (non-hydrogen) atoms. The lowest BCUT2D eigenvalue weighted by Crippen LogP contribution is -2.18. The van der Waals surface area contributed by atoms with Crippen molar-refractivity contribution in [3.05, 3.63) is 111 Å². The summed E-state index contributed by atoms with van der Waals surface area (Å²) in [7, 11) is 0. The van der Waals surface area contributed by atoms with Crippen molar-refractivity contribution < 1.29 is 14.5 Å². The second-order valence-corrected chi connectivity index (χ2v) is 7.59. The predicted molar refractivity (Wildman–Crippen MR) is 128 cm³/mol. The van der Waals surface area contributed by atoms with Gasteiger partial charge in [0.15, 0.2) is 0 Å². The average Bonchev–Trinajstić information content (AvgIpc) is 3.35. The number of carbonyl (C=O) groups is 1. The highest BCUT2D eigenvalue weighted by Gasteiger charge is 2.11. The first-order valence-electron chi connectivity index (χ1n) is 10.1. The van der Waals surface area contributed by atoms with Crippen LogP contribution in [0.2, 0.25) is 5.02 Å². The van der Waals surface area contributed by atoms with Gasteiger partial charge >= 0.3 is 0 Å². The standard InChI is InChI=1S/C24H18ClN5O4/c25-19-8-4-16(5-9-19)15-34-21-10-6-18(7-11-21)22-13-23(28-27-22)24(31)29-26-14-17-2-1-3-20(12-17)30(32)33/h1-14H,15H2,(H,27,28)(H,29,31)/b26-14-. The molecule has 0 bridgehead atoms. The Morgan fingerprint density at radius 2 is 1.88 bits per heavy atom. The summed E-state index contributed by atoms with van der Waals surface area (Å²) >= 11 is 5.89. The molecule has 0 aliphatic carbocycles. The zero-order valence-electron chi connectivity index (χ0n) is 17.6. The van der Waals surface area contributed by atoms with E-state index in [1.54, 1.807) is 12.1 Å². The fourth-order valence-electron chi connectivity index (χ4n) is 3.00. The number of aromatic nitrogens is 2. The van der Waals surface area contributed by atoms with Crippen molar-refractivity contribution in [3.63, 3.8) is 0 Å². The topological polar surface area (TPSA) is 123 Å². The monoisotopic (exact) mass is 475 g/mol. The number of nitro groups is 1. The van der Waals surface area contributed by atoms with E-state index in [0.29, 0.717) is 28.6 Å². The Morgan fingerprint density at radius 3 is 2.62 bits per heavy atom. The average molecular weight is 476 g/mol. The number of rotatable bonds is 8. The highest BCUT2D eigenvalue weighted by molar-refractivity contribution is 6.30. The number of halogens is 1. The Labute approximate surface area is 199 Å². The van der Waals surface area contributed by atoms with Gasteiger partial charge in [0.05, 0.1) is 16.8 Å². The number of hydrogen-bond acceptors (Lipinski definition) is 6. The molecule has 10 heteroatoms. The first-order valence-corrected chi connectivity index (χ1v) is 10.5. The summed E-state index contributed by atoms with van der Waals surface area (Å²) in [4.78, 5) is 22.6. The van der Waals surface area contributed by atoms with Crippen LogP contribution in [0.15, 0.2) is 84.0 Å². The van der Waals surface area contributed by atoms with E-state index >= 15 is 0 Å². The van der Waals surface area contributed by atoms with Gasteiger partial charge in [-0.25, -0.2) is 5.43 Å². The molecule has 4 rings (SSSR count). The number of benzene rings is 3. The smallest absolute Gasteiger partial charge is 0.289 e. The number of carbonyl (C=O) groups excluding carboxylic acids is 1. The first kappa shape index (κ1) is 22.7. The van der Waals surface area contributed by atoms with Crippen molar-refractivity contribution in [3.8, 4) is 17.0 Å². The summed E-state index contributed by atoms with van der Waals surface area (Å²) in [5, 5.41) is 22.2. The van der Waals surface area contributed by atoms with E-state index < -0.39 is 10.8 Å². The zero-order chi connectivity index (χ0) is 23.9. The van der Waals surface area contributed by atoms with Crippen LogP contribution in [0.1, 0.15) is 21.6 Å². The number of ether oxygens (including phenoxy) is 1. The van der Waals surface area contributed by atoms with E-state index in [1.807, 2.05) is 48.5 Å². The molecule has 0 spiro atoms. The van der Waals surface area contributed by atoms with Gasteiger partial charge in [-0.15, -0.1) is 0 Å². The van der Waals surface area contributed by atoms with Crippen LogP contribution in [0.4, 0.5) is 5.69 Å². The van der Waals surface area contributed by atoms with E-state index in [4.69, 9.17) is 16.3 Å². The van der Waals surface area contributed by atoms with Crippen molar-refractivity contribution in [1.29, 1.82) is 0 Å². The summed E-state index contributed by atoms with van der Waals surface area (Å²) in [5.41, 5.74) is 5.39. The van der Waals surface area contributed by atoms with Crippen LogP contribution in [0, 0.1) is 10.1 Å². The van der Waals surface area contributed by atoms with Crippen molar-refractivity contribution >= 4 is 29.4 Å². The van der Waals surface area contributed by atoms with Crippen LogP contribution < -0.4 is 10.2 Å². The van der Waals surface area contributed by atoms with Gasteiger partial charge in [0.1, 0.15) is 18.1 Å². The number of aromatic amines is 1. The molecule has 0 radical (unpaired) electrons. The minimum absolute atomic E-state index is 0.0603. The fourth-order valence-corrected chi connectivity index (χ4v) is 3.13. The molecular weight excluding hydrogens is 458 g/mol. The molecule has 0 aliphatic rings. The molecule has 9 nitrogen and oxygen atoms in total. The molecule has 1 heterocycles. The highest BCUT2D eigenvalue weighted by atomic mass is 35.5. The number of H-pyrrole nitrogens is 1. The molecule has 0 saturated heterocycles. The summed E-state index contributed by atoms with van der Waals surface area (Å²) in [6.07, 6.45) is 1.32. The van der Waals surface area contributed by atoms with Gasteiger partial charge < -0.3 is 4.74 Å². The molecule has 3 aromatic carbocycles. The lowest BCUT2D eigenvalue weighted by atomic mass is 10.1. The molecular formula is C24H18ClN5O4. The highest BCUT2D eigenvalue weighted by Crippen LogP contribution is 2.22. The van der Waals surface area contributed by atoms with Gasteiger partial charge in [0.2, 0.25) is 0 Å². The van der Waals surface area contributed by atoms with Crippen LogP contribution in [0.25, 0.3) is 11.3 Å². The van der Waals surface area contributed by atoms with E-state index in [-0.39, 0.29) is 11.4 Å². The zero-order valence-corrected chi connectivity index (χ0v) is 18.4. The maximum atomic E-state index is 12.3. The van der Waals surface area contributed by atoms with Crippen molar-refractivity contribution in [1.82, 2.24) is 15.6 Å². The second kappa shape index (κ2) is 10.4. The summed E-state index contributed by atoms with van der Waals surface area (Å²) in [6.45, 7) is 0.417. The predicted octanol–water partition coefficient (Wildman–Crippen LogP) is 4.98. The SMILES string of the molecule is O=C(N/N=C\c1cccc([N+](=O)[O-])c1)c1cc(-c2ccc(OCc3ccc(Cl)cc3)cc2)n[nH]1. The molecule has 2 N–H and O–H groups in total. The van der Waals surface area contributed by atoms with E-state index in [2.05, 4.69) is 20.7 Å². The van der Waals surface area contributed by atoms with Crippen LogP contribution in [0.3, 0.4) is 0 Å². The normalized spacial score (nSPS) is 10.9. The molecule has 0 atom stereocenters. The van der Waals surface area contributed by atoms with E-state index in [0.717, 1.165) is 11.1 Å². The molecule has 170 valence electrons. The molecule has 1 aromatic heterocycles. The quantitative estimate of drug-likeness (QED) is 0.211. The van der Waals surface area contributed by atoms with Gasteiger partial charge in [-0.2, -0.15) is 10.2 Å². The van der Waals surface area contributed by atoms with E-state index in [1.165, 1.54) is 24.4 Å². The summed E-state index contributed by atoms with van der Waals surface area (Å²) in [6, 6.07) is 22.3. The lowest BCUT2D eigenvalue weighted by molar-refractivity contribution is -0.384. The second-order valence-electron chi connectivity index (χ2n) is 7.16. The summed E-state index contributed by atoms with van der Waals surface area (Å²) < 4.78 is 5.78. The molecule has 0 saturated carbocycles. The first-order chi connectivity index (χ1) is 16.5. The number of hydrogen-bond donors (Lipinski definition) is 2. The van der Waals surface area contributed by atoms with Gasteiger partial charge in [0.25, 0.3) is 11.6 Å². The van der Waals surface area contributed by atoms with Crippen LogP contribution in [0.5, 0.6) is 5.75 Å². The van der Waals surface area contributed by atoms with E-state index in [9.17, 15) is 14.9 Å². The Hall–Kier alpha value is -4.50. The molecule has 4 aromatic rings. The molecule has 1 amide bonds. The molecule has 0 fully saturated rings. The Kier molecular flexibility index (Phi) is 6.95. The van der Waals surface area contributed by atoms with Crippen LogP contribution in [-0.2, 0) is 6.61 Å². The maximum Gasteiger partial charge on any atom is 0.289 e. The lowest BCUT2D eigenvalue weighted by Gasteiger charge is -2.07. The minimum atomic E-state index is -0.500. The number of nitro benzene ring substituents is 1. The van der Waals surface area contributed by atoms with Gasteiger partial charge in [-0.3, -0.25) is 20.0 Å². The van der Waals surface area contributed by atoms with Gasteiger partial charge in [0, 0.05) is 28.3 Å². The fraction of sp³-hybridized carbons (Fsp3) is 0.0417. The number of amides is 1. The van der Waals surface area contributed by atoms with Crippen molar-refractivity contribution in [2.75, 3.05) is 0 Å². The van der Waals surface area contributed by atoms with Crippen molar-refractivity contribution in [2.45, 2.75) is 6.61 Å². The van der Waals surface area contributed by atoms with Crippen LogP contribution >= 0.6 is 11.6 Å². The minimum Gasteiger partial charge on any atom is -0.489 e. The molecule has 0 aliphatic heterocycles. The number of hydrazone groups is 1. The van der Waals surface area contributed by atoms with Crippen molar-refractivity contribution in [2.24, 2.45) is 5.10 Å². The van der Waals surface area contributed by atoms with Gasteiger partial charge in [-0.1, -0.05) is 35.9 Å². The largest absolute Gasteiger partial charge is 0.489 e. The Balaban J connectivity index is 1.34. The summed E-state index contributed by atoms with van der Waals surface area (Å²) in [5.74, 6) is 0.200. The molecule has 0 unspecified atom stereocenters. The Morgan fingerprint density at radius 1 is 1.12 bits per heavy atom. The van der Waals surface area contributed by atoms with Gasteiger partial charge in [-0.05, 0) is 48.0 Å². The number of non-ortho nitro benzene ring substituents is 1. The third kappa shape index (κ3) is 5.84. The maximum absolute atomic E-state index is 12.3. The third-order valence-corrected chi connectivity index (χ3v) is 5.00. The Bertz CT molecular complexity index is 1330. The van der Waals surface area contributed by atoms with Crippen LogP contribution in [-0.4, -0.2) is 27.2 Å². The number of nitrogens with zero attached hydrogens (tertiary/aromatic N) is 3.